The predicted octanol–water partition coefficient (Wildman–Crippen LogP) is 3.65. The third-order valence-electron chi connectivity index (χ3n) is 6.38. The smallest absolute Gasteiger partial charge is 0.320 e. The Kier molecular flexibility index (Phi) is 8.47. The number of nitrogens with one attached hydrogen (secondary N) is 4. The highest BCUT2D eigenvalue weighted by atomic mass is 16.6. The summed E-state index contributed by atoms with van der Waals surface area (Å²) in [5, 5.41) is 33.3. The molecule has 2 aromatic rings. The number of nitro groups is 2. The zero-order valence-corrected chi connectivity index (χ0v) is 21.8. The highest BCUT2D eigenvalue weighted by Crippen LogP contribution is 2.34. The van der Waals surface area contributed by atoms with Gasteiger partial charge in [0.2, 0.25) is 0 Å². The van der Waals surface area contributed by atoms with Crippen molar-refractivity contribution in [2.24, 2.45) is 0 Å². The van der Waals surface area contributed by atoms with Gasteiger partial charge in [0.15, 0.2) is 12.1 Å². The van der Waals surface area contributed by atoms with Gasteiger partial charge in [0.25, 0.3) is 11.4 Å². The third-order valence-corrected chi connectivity index (χ3v) is 6.38. The zero-order valence-electron chi connectivity index (χ0n) is 21.8. The quantitative estimate of drug-likeness (QED) is 0.185. The maximum absolute atomic E-state index is 12.0. The molecular weight excluding hydrogens is 524 g/mol. The van der Waals surface area contributed by atoms with E-state index in [2.05, 4.69) is 21.3 Å². The Morgan fingerprint density at radius 3 is 1.45 bits per heavy atom. The first-order chi connectivity index (χ1) is 19.2. The summed E-state index contributed by atoms with van der Waals surface area (Å²) in [6.07, 6.45) is 1.13. The first-order valence-corrected chi connectivity index (χ1v) is 12.5. The number of hydrogen-bond donors (Lipinski definition) is 4. The Bertz CT molecular complexity index is 1300. The number of carbonyl (C=O) groups excluding carboxylic acids is 2. The first-order valence-electron chi connectivity index (χ1n) is 12.5. The van der Waals surface area contributed by atoms with Crippen LogP contribution in [0, 0.1) is 20.2 Å². The van der Waals surface area contributed by atoms with Crippen LogP contribution in [-0.2, 0) is 0 Å². The van der Waals surface area contributed by atoms with Crippen molar-refractivity contribution in [1.82, 2.24) is 21.3 Å². The fourth-order valence-electron chi connectivity index (χ4n) is 4.58. The van der Waals surface area contributed by atoms with E-state index in [0.29, 0.717) is 35.5 Å². The van der Waals surface area contributed by atoms with E-state index in [-0.39, 0.29) is 36.0 Å². The minimum Gasteiger partial charge on any atom is -0.493 e. The Morgan fingerprint density at radius 2 is 1.07 bits per heavy atom. The number of nitrogens with zero attached hydrogens (tertiary/aromatic N) is 2. The van der Waals surface area contributed by atoms with E-state index in [1.54, 1.807) is 48.5 Å². The van der Waals surface area contributed by atoms with Gasteiger partial charge in [-0.25, -0.2) is 9.59 Å². The molecule has 0 fully saturated rings. The number of hydrogen-bond acceptors (Lipinski definition) is 8. The average Bonchev–Trinajstić information content (AvgIpc) is 2.89. The molecule has 14 nitrogen and oxygen atoms in total. The van der Waals surface area contributed by atoms with E-state index in [0.717, 1.165) is 0 Å². The van der Waals surface area contributed by atoms with E-state index in [9.17, 15) is 29.8 Å². The van der Waals surface area contributed by atoms with Crippen molar-refractivity contribution >= 4 is 12.1 Å². The molecular formula is C26H28N6O8. The highest BCUT2D eigenvalue weighted by Gasteiger charge is 2.38. The number of allylic oxidation sites excluding steroid dienone is 2. The molecule has 2 aliphatic heterocycles. The third kappa shape index (κ3) is 6.11. The summed E-state index contributed by atoms with van der Waals surface area (Å²) in [5.74, 6) is 0.813. The summed E-state index contributed by atoms with van der Waals surface area (Å²) in [7, 11) is 0. The molecule has 2 aromatic carbocycles. The van der Waals surface area contributed by atoms with Gasteiger partial charge < -0.3 is 30.7 Å². The molecule has 40 heavy (non-hydrogen) atoms. The summed E-state index contributed by atoms with van der Waals surface area (Å²) in [6, 6.07) is 10.5. The topological polar surface area (TPSA) is 187 Å². The summed E-state index contributed by atoms with van der Waals surface area (Å²) >= 11 is 0. The molecule has 0 radical (unpaired) electrons. The van der Waals surface area contributed by atoms with Crippen LogP contribution in [-0.4, -0.2) is 35.1 Å². The number of rotatable bonds is 11. The molecule has 2 aliphatic rings. The molecule has 14 heteroatoms. The molecule has 210 valence electrons. The van der Waals surface area contributed by atoms with Crippen LogP contribution in [0.4, 0.5) is 9.59 Å². The molecule has 4 N–H and O–H groups in total. The van der Waals surface area contributed by atoms with Crippen LogP contribution in [0.2, 0.25) is 0 Å². The Labute approximate surface area is 228 Å². The van der Waals surface area contributed by atoms with Crippen molar-refractivity contribution in [3.63, 3.8) is 0 Å². The minimum absolute atomic E-state index is 0.158. The Hall–Kier alpha value is -5.14. The van der Waals surface area contributed by atoms with Gasteiger partial charge >= 0.3 is 12.1 Å². The largest absolute Gasteiger partial charge is 0.493 e. The SMILES string of the molecule is CC1=C([N+](=O)[O-])C(c2ccccc2OCCCCOc2ccccc2C2NC(=O)NC(C)=C2[N+](=O)[O-])NC(=O)N1. The molecule has 4 rings (SSSR count). The lowest BCUT2D eigenvalue weighted by Crippen LogP contribution is -2.45. The maximum atomic E-state index is 12.0. The van der Waals surface area contributed by atoms with Crippen LogP contribution in [0.25, 0.3) is 0 Å². The molecule has 0 spiro atoms. The number of benzene rings is 2. The minimum atomic E-state index is -0.975. The van der Waals surface area contributed by atoms with Gasteiger partial charge in [0.05, 0.1) is 34.5 Å². The lowest BCUT2D eigenvalue weighted by atomic mass is 10.00. The van der Waals surface area contributed by atoms with Gasteiger partial charge in [0.1, 0.15) is 11.5 Å². The fourth-order valence-corrected chi connectivity index (χ4v) is 4.58. The lowest BCUT2D eigenvalue weighted by molar-refractivity contribution is -0.433. The van der Waals surface area contributed by atoms with Crippen molar-refractivity contribution in [2.75, 3.05) is 13.2 Å². The van der Waals surface area contributed by atoms with Crippen LogP contribution in [0.5, 0.6) is 11.5 Å². The fraction of sp³-hybridized carbons (Fsp3) is 0.308. The van der Waals surface area contributed by atoms with Gasteiger partial charge in [-0.15, -0.1) is 0 Å². The monoisotopic (exact) mass is 552 g/mol. The molecule has 2 atom stereocenters. The molecule has 2 heterocycles. The summed E-state index contributed by atoms with van der Waals surface area (Å²) in [4.78, 5) is 46.3. The van der Waals surface area contributed by atoms with E-state index < -0.39 is 34.0 Å². The highest BCUT2D eigenvalue weighted by molar-refractivity contribution is 5.79. The Morgan fingerprint density at radius 1 is 0.700 bits per heavy atom. The summed E-state index contributed by atoms with van der Waals surface area (Å²) < 4.78 is 11.8. The van der Waals surface area contributed by atoms with Crippen molar-refractivity contribution in [3.05, 3.63) is 103 Å². The van der Waals surface area contributed by atoms with Gasteiger partial charge in [0, 0.05) is 11.1 Å². The summed E-state index contributed by atoms with van der Waals surface area (Å²) in [5.41, 5.74) is 0.901. The molecule has 4 amide bonds. The normalized spacial score (nSPS) is 18.8. The maximum Gasteiger partial charge on any atom is 0.320 e. The molecule has 2 unspecified atom stereocenters. The van der Waals surface area contributed by atoms with E-state index >= 15 is 0 Å². The van der Waals surface area contributed by atoms with Crippen molar-refractivity contribution in [1.29, 1.82) is 0 Å². The second-order valence-corrected chi connectivity index (χ2v) is 9.08. The van der Waals surface area contributed by atoms with Crippen LogP contribution in [0.1, 0.15) is 49.9 Å². The van der Waals surface area contributed by atoms with Gasteiger partial charge in [-0.05, 0) is 38.8 Å². The first kappa shape index (κ1) is 27.9. The van der Waals surface area contributed by atoms with Gasteiger partial charge in [-0.2, -0.15) is 0 Å². The molecule has 0 saturated carbocycles. The number of urea groups is 2. The number of ether oxygens (including phenoxy) is 2. The average molecular weight is 553 g/mol. The van der Waals surface area contributed by atoms with Crippen molar-refractivity contribution in [3.8, 4) is 11.5 Å². The van der Waals surface area contributed by atoms with Crippen LogP contribution < -0.4 is 30.7 Å². The number of para-hydroxylation sites is 2. The van der Waals surface area contributed by atoms with Crippen LogP contribution >= 0.6 is 0 Å². The van der Waals surface area contributed by atoms with Gasteiger partial charge in [-0.1, -0.05) is 36.4 Å². The van der Waals surface area contributed by atoms with E-state index in [1.165, 1.54) is 13.8 Å². The predicted molar refractivity (Wildman–Crippen MR) is 141 cm³/mol. The molecule has 0 saturated heterocycles. The Balaban J connectivity index is 1.37. The second-order valence-electron chi connectivity index (χ2n) is 9.08. The van der Waals surface area contributed by atoms with Crippen molar-refractivity contribution in [2.45, 2.75) is 38.8 Å². The van der Waals surface area contributed by atoms with E-state index in [1.807, 2.05) is 0 Å². The lowest BCUT2D eigenvalue weighted by Gasteiger charge is -2.25. The molecule has 0 bridgehead atoms. The van der Waals surface area contributed by atoms with Gasteiger partial charge in [-0.3, -0.25) is 20.2 Å². The second kappa shape index (κ2) is 12.1. The van der Waals surface area contributed by atoms with E-state index in [4.69, 9.17) is 9.47 Å². The standard InChI is InChI=1S/C26H28N6O8/c1-15-23(31(35)36)21(29-25(33)27-15)17-9-3-5-11-19(17)39-13-7-8-14-40-20-12-6-4-10-18(20)22-24(32(37)38)16(2)28-26(34)30-22/h3-6,9-12,21-22H,7-8,13-14H2,1-2H3,(H2,27,29,33)(H2,28,30,34). The van der Waals surface area contributed by atoms with Crippen molar-refractivity contribution < 1.29 is 28.9 Å². The number of carbonyl (C=O) groups is 2. The van der Waals surface area contributed by atoms with Crippen LogP contribution in [0.3, 0.4) is 0 Å². The zero-order chi connectivity index (χ0) is 28.8. The number of unbranched alkanes of at least 4 members (excludes halogenated alkanes) is 1. The number of amides is 4. The van der Waals surface area contributed by atoms with Crippen LogP contribution in [0.15, 0.2) is 71.3 Å². The molecule has 0 aromatic heterocycles. The molecule has 0 aliphatic carbocycles. The summed E-state index contributed by atoms with van der Waals surface area (Å²) in [6.45, 7) is 3.49.